The van der Waals surface area contributed by atoms with Crippen LogP contribution in [0.3, 0.4) is 0 Å². The lowest BCUT2D eigenvalue weighted by molar-refractivity contribution is -0.147. The minimum absolute atomic E-state index is 0.0227. The van der Waals surface area contributed by atoms with Crippen LogP contribution in [0.4, 0.5) is 0 Å². The van der Waals surface area contributed by atoms with Crippen LogP contribution in [0, 0.1) is 11.8 Å². The first kappa shape index (κ1) is 33.0. The summed E-state index contributed by atoms with van der Waals surface area (Å²) in [5.74, 6) is 0.910. The maximum atomic E-state index is 12.1. The molecule has 0 aliphatic heterocycles. The third-order valence-corrected chi connectivity index (χ3v) is 7.90. The third kappa shape index (κ3) is 20.0. The Bertz CT molecular complexity index is 464. The molecule has 0 aromatic carbocycles. The fourth-order valence-electron chi connectivity index (χ4n) is 5.29. The number of rotatable bonds is 24. The van der Waals surface area contributed by atoms with E-state index in [-0.39, 0.29) is 11.9 Å². The van der Waals surface area contributed by atoms with Gasteiger partial charge in [-0.25, -0.2) is 0 Å². The predicted molar refractivity (Wildman–Crippen MR) is 151 cm³/mol. The zero-order chi connectivity index (χ0) is 26.1. The summed E-state index contributed by atoms with van der Waals surface area (Å²) in [6, 6.07) is 0. The van der Waals surface area contributed by atoms with Crippen LogP contribution in [0.1, 0.15) is 168 Å². The summed E-state index contributed by atoms with van der Waals surface area (Å²) in [6.45, 7) is 5.65. The molecule has 0 bridgehead atoms. The molecule has 1 aliphatic carbocycles. The largest absolute Gasteiger partial charge is 0.465 e. The van der Waals surface area contributed by atoms with Gasteiger partial charge in [-0.3, -0.25) is 9.59 Å². The molecule has 0 atom stereocenters. The molecule has 1 aliphatic rings. The average Bonchev–Trinajstić information content (AvgIpc) is 2.89. The molecular weight excluding hydrogens is 448 g/mol. The highest BCUT2D eigenvalue weighted by Gasteiger charge is 2.23. The van der Waals surface area contributed by atoms with Gasteiger partial charge in [0.15, 0.2) is 0 Å². The van der Waals surface area contributed by atoms with Crippen LogP contribution in [0.5, 0.6) is 0 Å². The molecule has 1 saturated carbocycles. The van der Waals surface area contributed by atoms with Gasteiger partial charge >= 0.3 is 11.9 Å². The highest BCUT2D eigenvalue weighted by atomic mass is 16.5. The summed E-state index contributed by atoms with van der Waals surface area (Å²) in [5.41, 5.74) is 0. The van der Waals surface area contributed by atoms with Crippen molar-refractivity contribution in [3.63, 3.8) is 0 Å². The monoisotopic (exact) mass is 508 g/mol. The molecule has 4 nitrogen and oxygen atoms in total. The first-order valence-electron chi connectivity index (χ1n) is 16.0. The third-order valence-electron chi connectivity index (χ3n) is 7.90. The zero-order valence-electron chi connectivity index (χ0n) is 24.2. The molecule has 0 saturated heterocycles. The number of esters is 2. The Balaban J connectivity index is 1.91. The van der Waals surface area contributed by atoms with Gasteiger partial charge in [0.25, 0.3) is 0 Å². The lowest BCUT2D eigenvalue weighted by Crippen LogP contribution is -2.23. The van der Waals surface area contributed by atoms with Crippen molar-refractivity contribution in [1.82, 2.24) is 0 Å². The molecule has 0 spiro atoms. The SMILES string of the molecule is CCCCCCCCCCCC(=O)OCC1CCC(COC(=O)CCCCCCCCCCC)CC1. The van der Waals surface area contributed by atoms with Gasteiger partial charge in [-0.2, -0.15) is 0 Å². The van der Waals surface area contributed by atoms with Crippen molar-refractivity contribution in [2.45, 2.75) is 168 Å². The summed E-state index contributed by atoms with van der Waals surface area (Å²) in [4.78, 5) is 24.1. The Hall–Kier alpha value is -1.06. The zero-order valence-corrected chi connectivity index (χ0v) is 24.2. The fourth-order valence-corrected chi connectivity index (χ4v) is 5.29. The van der Waals surface area contributed by atoms with Crippen molar-refractivity contribution in [1.29, 1.82) is 0 Å². The van der Waals surface area contributed by atoms with Gasteiger partial charge in [0.05, 0.1) is 13.2 Å². The summed E-state index contributed by atoms with van der Waals surface area (Å²) in [7, 11) is 0. The maximum absolute atomic E-state index is 12.1. The van der Waals surface area contributed by atoms with E-state index in [1.807, 2.05) is 0 Å². The normalized spacial score (nSPS) is 17.7. The predicted octanol–water partition coefficient (Wildman–Crippen LogP) is 9.72. The highest BCUT2D eigenvalue weighted by Crippen LogP contribution is 2.29. The van der Waals surface area contributed by atoms with Crippen LogP contribution < -0.4 is 0 Å². The molecule has 0 amide bonds. The molecule has 0 aromatic heterocycles. The molecule has 0 unspecified atom stereocenters. The molecule has 0 heterocycles. The van der Waals surface area contributed by atoms with Crippen molar-refractivity contribution in [3.05, 3.63) is 0 Å². The Morgan fingerprint density at radius 3 is 1.06 bits per heavy atom. The number of ether oxygens (including phenoxy) is 2. The minimum atomic E-state index is -0.0227. The second kappa shape index (κ2) is 24.3. The number of carbonyl (C=O) groups is 2. The van der Waals surface area contributed by atoms with E-state index in [9.17, 15) is 9.59 Å². The Labute approximate surface area is 224 Å². The van der Waals surface area contributed by atoms with Gasteiger partial charge in [-0.1, -0.05) is 117 Å². The molecule has 1 fully saturated rings. The summed E-state index contributed by atoms with van der Waals surface area (Å²) < 4.78 is 11.1. The van der Waals surface area contributed by atoms with Crippen molar-refractivity contribution in [2.24, 2.45) is 11.8 Å². The van der Waals surface area contributed by atoms with Gasteiger partial charge in [0.1, 0.15) is 0 Å². The van der Waals surface area contributed by atoms with Gasteiger partial charge in [0, 0.05) is 12.8 Å². The van der Waals surface area contributed by atoms with Gasteiger partial charge in [-0.15, -0.1) is 0 Å². The maximum Gasteiger partial charge on any atom is 0.305 e. The molecule has 212 valence electrons. The Morgan fingerprint density at radius 2 is 0.750 bits per heavy atom. The van der Waals surface area contributed by atoms with E-state index in [1.54, 1.807) is 0 Å². The van der Waals surface area contributed by atoms with E-state index in [0.29, 0.717) is 37.9 Å². The van der Waals surface area contributed by atoms with E-state index >= 15 is 0 Å². The topological polar surface area (TPSA) is 52.6 Å². The molecule has 0 aromatic rings. The molecule has 4 heteroatoms. The van der Waals surface area contributed by atoms with Crippen LogP contribution in [-0.2, 0) is 19.1 Å². The van der Waals surface area contributed by atoms with Gasteiger partial charge in [-0.05, 0) is 50.4 Å². The fraction of sp³-hybridized carbons (Fsp3) is 0.938. The standard InChI is InChI=1S/C32H60O4/c1-3-5-7-9-11-13-15-17-19-21-31(33)35-27-29-23-25-30(26-24-29)28-36-32(34)22-20-18-16-14-12-10-8-6-4-2/h29-30H,3-28H2,1-2H3. The number of carbonyl (C=O) groups excluding carboxylic acids is 2. The summed E-state index contributed by atoms with van der Waals surface area (Å²) in [5, 5.41) is 0. The van der Waals surface area contributed by atoms with Crippen LogP contribution in [0.2, 0.25) is 0 Å². The van der Waals surface area contributed by atoms with E-state index in [0.717, 1.165) is 51.4 Å². The van der Waals surface area contributed by atoms with E-state index in [2.05, 4.69) is 13.8 Å². The van der Waals surface area contributed by atoms with Crippen LogP contribution in [0.15, 0.2) is 0 Å². The molecule has 0 radical (unpaired) electrons. The summed E-state index contributed by atoms with van der Waals surface area (Å²) >= 11 is 0. The molecule has 1 rings (SSSR count). The van der Waals surface area contributed by atoms with Gasteiger partial charge in [0.2, 0.25) is 0 Å². The first-order chi connectivity index (χ1) is 17.7. The first-order valence-corrected chi connectivity index (χ1v) is 16.0. The van der Waals surface area contributed by atoms with E-state index < -0.39 is 0 Å². The summed E-state index contributed by atoms with van der Waals surface area (Å²) in [6.07, 6.45) is 28.2. The molecule has 0 N–H and O–H groups in total. The second-order valence-electron chi connectivity index (χ2n) is 11.4. The number of hydrogen-bond donors (Lipinski definition) is 0. The van der Waals surface area contributed by atoms with Crippen molar-refractivity contribution in [2.75, 3.05) is 13.2 Å². The quantitative estimate of drug-likeness (QED) is 0.0961. The van der Waals surface area contributed by atoms with Crippen molar-refractivity contribution >= 4 is 11.9 Å². The highest BCUT2D eigenvalue weighted by molar-refractivity contribution is 5.69. The Morgan fingerprint density at radius 1 is 0.472 bits per heavy atom. The molecular formula is C32H60O4. The lowest BCUT2D eigenvalue weighted by atomic mass is 9.83. The minimum Gasteiger partial charge on any atom is -0.465 e. The smallest absolute Gasteiger partial charge is 0.305 e. The average molecular weight is 509 g/mol. The second-order valence-corrected chi connectivity index (χ2v) is 11.4. The van der Waals surface area contributed by atoms with Gasteiger partial charge < -0.3 is 9.47 Å². The van der Waals surface area contributed by atoms with Crippen LogP contribution in [0.25, 0.3) is 0 Å². The van der Waals surface area contributed by atoms with E-state index in [4.69, 9.17) is 9.47 Å². The van der Waals surface area contributed by atoms with Crippen LogP contribution >= 0.6 is 0 Å². The van der Waals surface area contributed by atoms with Crippen molar-refractivity contribution < 1.29 is 19.1 Å². The number of hydrogen-bond acceptors (Lipinski definition) is 4. The molecule has 36 heavy (non-hydrogen) atoms. The van der Waals surface area contributed by atoms with Crippen LogP contribution in [-0.4, -0.2) is 25.2 Å². The lowest BCUT2D eigenvalue weighted by Gasteiger charge is -2.27. The van der Waals surface area contributed by atoms with E-state index in [1.165, 1.54) is 89.9 Å². The number of unbranched alkanes of at least 4 members (excludes halogenated alkanes) is 16. The Kier molecular flexibility index (Phi) is 22.2. The van der Waals surface area contributed by atoms with Crippen molar-refractivity contribution in [3.8, 4) is 0 Å².